The number of hydrogen-bond acceptors (Lipinski definition) is 2. The summed E-state index contributed by atoms with van der Waals surface area (Å²) in [5.74, 6) is 2.03. The molecule has 2 bridgehead atoms. The minimum absolute atomic E-state index is 0.117. The predicted octanol–water partition coefficient (Wildman–Crippen LogP) is 2.84. The zero-order chi connectivity index (χ0) is 13.9. The molecule has 2 aliphatic rings. The van der Waals surface area contributed by atoms with Gasteiger partial charge in [0.15, 0.2) is 0 Å². The summed E-state index contributed by atoms with van der Waals surface area (Å²) in [5.41, 5.74) is 2.05. The lowest BCUT2D eigenvalue weighted by Crippen LogP contribution is -2.26. The molecule has 0 radical (unpaired) electrons. The molecule has 1 aromatic rings. The molecule has 0 aromatic heterocycles. The quantitative estimate of drug-likeness (QED) is 0.838. The van der Waals surface area contributed by atoms with E-state index in [0.29, 0.717) is 0 Å². The molecule has 3 heteroatoms. The lowest BCUT2D eigenvalue weighted by Gasteiger charge is -2.22. The second-order valence-electron chi connectivity index (χ2n) is 6.41. The van der Waals surface area contributed by atoms with Gasteiger partial charge in [0.05, 0.1) is 6.42 Å². The Bertz CT molecular complexity index is 486. The highest BCUT2D eigenvalue weighted by atomic mass is 16.4. The fraction of sp³-hybridized carbons (Fsp3) is 0.588. The first-order valence-corrected chi connectivity index (χ1v) is 7.71. The molecular formula is C17H23NO2. The Kier molecular flexibility index (Phi) is 4.06. The van der Waals surface area contributed by atoms with E-state index in [4.69, 9.17) is 5.11 Å². The van der Waals surface area contributed by atoms with Gasteiger partial charge in [0.1, 0.15) is 0 Å². The molecule has 2 aliphatic carbocycles. The second-order valence-corrected chi connectivity index (χ2v) is 6.41. The van der Waals surface area contributed by atoms with E-state index in [-0.39, 0.29) is 6.42 Å². The van der Waals surface area contributed by atoms with E-state index < -0.39 is 5.97 Å². The van der Waals surface area contributed by atoms with Crippen LogP contribution in [0.25, 0.3) is 0 Å². The average molecular weight is 273 g/mol. The van der Waals surface area contributed by atoms with Crippen LogP contribution in [-0.2, 0) is 17.8 Å². The summed E-state index contributed by atoms with van der Waals surface area (Å²) in [6.45, 7) is 1.87. The Morgan fingerprint density at radius 1 is 1.20 bits per heavy atom. The van der Waals surface area contributed by atoms with Crippen molar-refractivity contribution >= 4 is 5.97 Å². The standard InChI is InChI=1S/C17H23NO2/c19-17(20)9-13-3-1-2-4-15(13)10-18-11-16-8-12-5-6-14(16)7-12/h1-4,12,14,16,18H,5-11H2,(H,19,20). The molecule has 108 valence electrons. The van der Waals surface area contributed by atoms with Gasteiger partial charge in [-0.2, -0.15) is 0 Å². The first-order chi connectivity index (χ1) is 9.72. The van der Waals surface area contributed by atoms with E-state index in [1.807, 2.05) is 24.3 Å². The highest BCUT2D eigenvalue weighted by molar-refractivity contribution is 5.70. The number of hydrogen-bond donors (Lipinski definition) is 2. The molecule has 20 heavy (non-hydrogen) atoms. The molecule has 2 N–H and O–H groups in total. The zero-order valence-corrected chi connectivity index (χ0v) is 11.8. The molecule has 1 aromatic carbocycles. The molecule has 0 heterocycles. The first-order valence-electron chi connectivity index (χ1n) is 7.71. The van der Waals surface area contributed by atoms with Crippen LogP contribution in [0.1, 0.15) is 36.8 Å². The summed E-state index contributed by atoms with van der Waals surface area (Å²) in [6, 6.07) is 7.85. The molecular weight excluding hydrogens is 250 g/mol. The molecule has 2 saturated carbocycles. The molecule has 0 saturated heterocycles. The number of carboxylic acid groups (broad SMARTS) is 1. The third-order valence-corrected chi connectivity index (χ3v) is 5.07. The van der Waals surface area contributed by atoms with Crippen molar-refractivity contribution < 1.29 is 9.90 Å². The van der Waals surface area contributed by atoms with E-state index in [1.54, 1.807) is 0 Å². The van der Waals surface area contributed by atoms with E-state index in [2.05, 4.69) is 5.32 Å². The molecule has 0 amide bonds. The maximum atomic E-state index is 10.9. The van der Waals surface area contributed by atoms with Gasteiger partial charge in [-0.25, -0.2) is 0 Å². The Morgan fingerprint density at radius 3 is 2.65 bits per heavy atom. The number of aliphatic carboxylic acids is 1. The van der Waals surface area contributed by atoms with Crippen LogP contribution >= 0.6 is 0 Å². The van der Waals surface area contributed by atoms with Crippen LogP contribution in [0.4, 0.5) is 0 Å². The maximum Gasteiger partial charge on any atom is 0.307 e. The largest absolute Gasteiger partial charge is 0.481 e. The van der Waals surface area contributed by atoms with Gasteiger partial charge in [-0.15, -0.1) is 0 Å². The summed E-state index contributed by atoms with van der Waals surface area (Å²) in [4.78, 5) is 10.9. The van der Waals surface area contributed by atoms with Crippen molar-refractivity contribution in [3.63, 3.8) is 0 Å². The summed E-state index contributed by atoms with van der Waals surface area (Å²) < 4.78 is 0. The van der Waals surface area contributed by atoms with E-state index in [0.717, 1.165) is 42.0 Å². The number of benzene rings is 1. The molecule has 0 aliphatic heterocycles. The van der Waals surface area contributed by atoms with Crippen LogP contribution < -0.4 is 5.32 Å². The average Bonchev–Trinajstić information content (AvgIpc) is 3.02. The highest BCUT2D eigenvalue weighted by Crippen LogP contribution is 2.47. The van der Waals surface area contributed by atoms with Gasteiger partial charge in [-0.3, -0.25) is 4.79 Å². The van der Waals surface area contributed by atoms with Crippen LogP contribution in [0.5, 0.6) is 0 Å². The summed E-state index contributed by atoms with van der Waals surface area (Å²) >= 11 is 0. The molecule has 3 unspecified atom stereocenters. The minimum Gasteiger partial charge on any atom is -0.481 e. The van der Waals surface area contributed by atoms with Gasteiger partial charge in [-0.05, 0) is 54.7 Å². The van der Waals surface area contributed by atoms with Gasteiger partial charge in [0, 0.05) is 6.54 Å². The third-order valence-electron chi connectivity index (χ3n) is 5.07. The number of carboxylic acids is 1. The van der Waals surface area contributed by atoms with Crippen LogP contribution in [0.15, 0.2) is 24.3 Å². The first kappa shape index (κ1) is 13.6. The van der Waals surface area contributed by atoms with Crippen LogP contribution in [0, 0.1) is 17.8 Å². The fourth-order valence-corrected chi connectivity index (χ4v) is 4.08. The van der Waals surface area contributed by atoms with Crippen molar-refractivity contribution in [2.45, 2.75) is 38.6 Å². The van der Waals surface area contributed by atoms with Gasteiger partial charge >= 0.3 is 5.97 Å². The maximum absolute atomic E-state index is 10.9. The van der Waals surface area contributed by atoms with Crippen LogP contribution in [0.2, 0.25) is 0 Å². The van der Waals surface area contributed by atoms with E-state index >= 15 is 0 Å². The van der Waals surface area contributed by atoms with E-state index in [9.17, 15) is 4.79 Å². The molecule has 0 spiro atoms. The Balaban J connectivity index is 1.52. The molecule has 2 fully saturated rings. The number of nitrogens with one attached hydrogen (secondary N) is 1. The second kappa shape index (κ2) is 5.96. The summed E-state index contributed by atoms with van der Waals surface area (Å²) in [6.07, 6.45) is 5.83. The lowest BCUT2D eigenvalue weighted by molar-refractivity contribution is -0.136. The molecule has 3 rings (SSSR count). The van der Waals surface area contributed by atoms with Crippen molar-refractivity contribution in [2.24, 2.45) is 17.8 Å². The fourth-order valence-electron chi connectivity index (χ4n) is 4.08. The Hall–Kier alpha value is -1.35. The van der Waals surface area contributed by atoms with Crippen LogP contribution in [0.3, 0.4) is 0 Å². The SMILES string of the molecule is O=C(O)Cc1ccccc1CNCC1CC2CCC1C2. The van der Waals surface area contributed by atoms with Crippen molar-refractivity contribution in [3.8, 4) is 0 Å². The Morgan fingerprint density at radius 2 is 2.00 bits per heavy atom. The van der Waals surface area contributed by atoms with Crippen molar-refractivity contribution in [1.82, 2.24) is 5.32 Å². The van der Waals surface area contributed by atoms with Crippen molar-refractivity contribution in [3.05, 3.63) is 35.4 Å². The topological polar surface area (TPSA) is 49.3 Å². The van der Waals surface area contributed by atoms with Gasteiger partial charge in [0.2, 0.25) is 0 Å². The third kappa shape index (κ3) is 3.04. The van der Waals surface area contributed by atoms with Crippen LogP contribution in [-0.4, -0.2) is 17.6 Å². The van der Waals surface area contributed by atoms with Gasteiger partial charge in [0.25, 0.3) is 0 Å². The zero-order valence-electron chi connectivity index (χ0n) is 11.8. The number of rotatable bonds is 6. The smallest absolute Gasteiger partial charge is 0.307 e. The summed E-state index contributed by atoms with van der Waals surface area (Å²) in [5, 5.41) is 12.5. The number of fused-ring (bicyclic) bond motifs is 2. The van der Waals surface area contributed by atoms with Gasteiger partial charge in [-0.1, -0.05) is 30.7 Å². The monoisotopic (exact) mass is 273 g/mol. The number of carbonyl (C=O) groups is 1. The Labute approximate surface area is 120 Å². The minimum atomic E-state index is -0.759. The highest BCUT2D eigenvalue weighted by Gasteiger charge is 2.38. The lowest BCUT2D eigenvalue weighted by atomic mass is 9.89. The molecule has 3 nitrogen and oxygen atoms in total. The van der Waals surface area contributed by atoms with E-state index in [1.165, 1.54) is 25.7 Å². The van der Waals surface area contributed by atoms with Gasteiger partial charge < -0.3 is 10.4 Å². The normalized spacial score (nSPS) is 27.9. The summed E-state index contributed by atoms with van der Waals surface area (Å²) in [7, 11) is 0. The van der Waals surface area contributed by atoms with Crippen molar-refractivity contribution in [2.75, 3.05) is 6.54 Å². The van der Waals surface area contributed by atoms with Crippen molar-refractivity contribution in [1.29, 1.82) is 0 Å². The predicted molar refractivity (Wildman–Crippen MR) is 78.4 cm³/mol. The molecule has 3 atom stereocenters.